The molecule has 0 rings (SSSR count). The molecule has 0 heterocycles. The molecule has 0 aliphatic heterocycles. The van der Waals surface area contributed by atoms with Crippen LogP contribution in [0.25, 0.3) is 0 Å². The van der Waals surface area contributed by atoms with Crippen LogP contribution >= 0.6 is 15.6 Å². The van der Waals surface area contributed by atoms with Crippen LogP contribution in [0, 0.1) is 0 Å². The second-order valence-electron chi connectivity index (χ2n) is 32.2. The number of urea groups is 1. The van der Waals surface area contributed by atoms with E-state index in [4.69, 9.17) is 27.6 Å². The third-order valence-corrected chi connectivity index (χ3v) is 23.3. The molecule has 4 unspecified atom stereocenters. The van der Waals surface area contributed by atoms with Gasteiger partial charge in [0.05, 0.1) is 26.4 Å². The molecule has 0 aromatic rings. The number of amides is 4. The maximum atomic E-state index is 13.4. The smallest absolute Gasteiger partial charge is 0.756 e. The summed E-state index contributed by atoms with van der Waals surface area (Å²) >= 11 is 0. The molecule has 4 amide bonds. The van der Waals surface area contributed by atoms with Crippen molar-refractivity contribution < 1.29 is 130 Å². The zero-order valence-corrected chi connectivity index (χ0v) is 79.9. The van der Waals surface area contributed by atoms with E-state index in [2.05, 4.69) is 62.8 Å². The van der Waals surface area contributed by atoms with E-state index in [1.807, 2.05) is 0 Å². The summed E-state index contributed by atoms with van der Waals surface area (Å²) in [6.07, 6.45) is 69.5. The fraction of sp³-hybridized carbons (Fsp3) is 0.944. The summed E-state index contributed by atoms with van der Waals surface area (Å²) in [6, 6.07) is -1.12. The molecule has 6 atom stereocenters. The van der Waals surface area contributed by atoms with Crippen LogP contribution in [0.2, 0.25) is 0 Å². The van der Waals surface area contributed by atoms with E-state index >= 15 is 0 Å². The van der Waals surface area contributed by atoms with Gasteiger partial charge in [0, 0.05) is 50.9 Å². The van der Waals surface area contributed by atoms with E-state index < -0.39 is 72.3 Å². The van der Waals surface area contributed by atoms with Gasteiger partial charge in [0.2, 0.25) is 11.8 Å². The third-order valence-electron chi connectivity index (χ3n) is 21.4. The van der Waals surface area contributed by atoms with E-state index in [9.17, 15) is 42.9 Å². The predicted octanol–water partition coefficient (Wildman–Crippen LogP) is 18.7. The van der Waals surface area contributed by atoms with Crippen LogP contribution in [0.15, 0.2) is 0 Å². The van der Waals surface area contributed by atoms with E-state index in [0.717, 1.165) is 128 Å². The SMILES string of the molecule is CCCCCCCCCCCCCC(=O)NC(CCCCCCCCC)CC[C@@H](COP(=O)([O-])OCCNC(=O)NCCOP(=O)([O-])OC[C@H](CCC(CCCCCCCCC)NC(=O)CCCCCCCCCCCCC)OC(=O)CCCCCCCCCCCCC)OC(=O)CCCCCCCCCCCCC.[Na+].[Na+]. The fourth-order valence-electron chi connectivity index (χ4n) is 14.4. The van der Waals surface area contributed by atoms with Crippen LogP contribution in [0.5, 0.6) is 0 Å². The molecule has 0 radical (unpaired) electrons. The summed E-state index contributed by atoms with van der Waals surface area (Å²) in [6.45, 7) is 10.9. The number of phosphoric ester groups is 2. The van der Waals surface area contributed by atoms with Crippen molar-refractivity contribution in [3.63, 3.8) is 0 Å². The first kappa shape index (κ1) is 116. The molecule has 0 saturated heterocycles. The first-order valence-electron chi connectivity index (χ1n) is 46.7. The summed E-state index contributed by atoms with van der Waals surface area (Å²) in [5.74, 6) is -0.854. The predicted molar refractivity (Wildman–Crippen MR) is 452 cm³/mol. The van der Waals surface area contributed by atoms with Gasteiger partial charge in [-0.1, -0.05) is 388 Å². The topological polar surface area (TPSA) is 269 Å². The number of unbranched alkanes of at least 4 members (excludes halogenated alkanes) is 52. The van der Waals surface area contributed by atoms with Crippen molar-refractivity contribution in [3.05, 3.63) is 0 Å². The van der Waals surface area contributed by atoms with Crippen molar-refractivity contribution in [2.75, 3.05) is 39.5 Å². The molecule has 652 valence electrons. The molecule has 4 N–H and O–H groups in total. The van der Waals surface area contributed by atoms with Crippen LogP contribution in [0.3, 0.4) is 0 Å². The molecule has 0 bridgehead atoms. The number of nitrogens with one attached hydrogen (secondary N) is 4. The maximum Gasteiger partial charge on any atom is 1.00 e. The van der Waals surface area contributed by atoms with E-state index in [1.165, 1.54) is 244 Å². The van der Waals surface area contributed by atoms with Crippen molar-refractivity contribution in [2.24, 2.45) is 0 Å². The first-order chi connectivity index (χ1) is 53.5. The Morgan fingerprint density at radius 1 is 0.277 bits per heavy atom. The van der Waals surface area contributed by atoms with Crippen LogP contribution in [0.1, 0.15) is 478 Å². The Hall–Kier alpha value is -0.630. The van der Waals surface area contributed by atoms with Gasteiger partial charge in [0.25, 0.3) is 15.6 Å². The molecule has 112 heavy (non-hydrogen) atoms. The number of phosphoric acid groups is 2. The van der Waals surface area contributed by atoms with E-state index in [-0.39, 0.29) is 122 Å². The molecule has 0 saturated carbocycles. The quantitative estimate of drug-likeness (QED) is 0.0191. The minimum absolute atomic E-state index is 0. The monoisotopic (exact) mass is 1650 g/mol. The molecular weight excluding hydrogens is 1470 g/mol. The van der Waals surface area contributed by atoms with E-state index in [1.54, 1.807) is 0 Å². The van der Waals surface area contributed by atoms with Gasteiger partial charge in [-0.2, -0.15) is 0 Å². The van der Waals surface area contributed by atoms with E-state index in [0.29, 0.717) is 38.5 Å². The molecular formula is C89H174N4Na2O15P2. The van der Waals surface area contributed by atoms with Crippen LogP contribution in [-0.4, -0.2) is 93.6 Å². The Balaban J connectivity index is -0.0000594. The largest absolute Gasteiger partial charge is 1.00 e. The van der Waals surface area contributed by atoms with Gasteiger partial charge >= 0.3 is 77.1 Å². The maximum absolute atomic E-state index is 13.4. The molecule has 0 aliphatic rings. The number of ether oxygens (including phenoxy) is 2. The van der Waals surface area contributed by atoms with Crippen LogP contribution < -0.4 is 90.2 Å². The minimum atomic E-state index is -4.98. The number of esters is 2. The fourth-order valence-corrected chi connectivity index (χ4v) is 15.9. The van der Waals surface area contributed by atoms with Crippen molar-refractivity contribution in [1.82, 2.24) is 21.3 Å². The summed E-state index contributed by atoms with van der Waals surface area (Å²) in [5, 5.41) is 11.5. The second-order valence-corrected chi connectivity index (χ2v) is 35.0. The van der Waals surface area contributed by atoms with Crippen molar-refractivity contribution >= 4 is 45.4 Å². The molecule has 23 heteroatoms. The molecule has 0 aliphatic carbocycles. The van der Waals surface area contributed by atoms with Crippen LogP contribution in [0.4, 0.5) is 4.79 Å². The minimum Gasteiger partial charge on any atom is -0.756 e. The molecule has 0 fully saturated rings. The van der Waals surface area contributed by atoms with Crippen LogP contribution in [-0.2, 0) is 55.9 Å². The number of carbonyl (C=O) groups excluding carboxylic acids is 5. The molecule has 19 nitrogen and oxygen atoms in total. The third kappa shape index (κ3) is 84.4. The van der Waals surface area contributed by atoms with Crippen molar-refractivity contribution in [3.8, 4) is 0 Å². The Bertz CT molecular complexity index is 2040. The van der Waals surface area contributed by atoms with Gasteiger partial charge in [-0.25, -0.2) is 4.79 Å². The number of hydrogen-bond acceptors (Lipinski definition) is 15. The van der Waals surface area contributed by atoms with Crippen molar-refractivity contribution in [2.45, 2.75) is 502 Å². The summed E-state index contributed by atoms with van der Waals surface area (Å²) in [7, 11) is -9.96. The average Bonchev–Trinajstić information content (AvgIpc) is 0.903. The average molecular weight is 1650 g/mol. The Labute approximate surface area is 732 Å². The van der Waals surface area contributed by atoms with Crippen molar-refractivity contribution in [1.29, 1.82) is 0 Å². The number of hydrogen-bond donors (Lipinski definition) is 4. The second kappa shape index (κ2) is 88.2. The Morgan fingerprint density at radius 2 is 0.491 bits per heavy atom. The summed E-state index contributed by atoms with van der Waals surface area (Å²) in [5.41, 5.74) is 0. The van der Waals surface area contributed by atoms with Gasteiger partial charge in [-0.05, 0) is 64.2 Å². The van der Waals surface area contributed by atoms with Gasteiger partial charge in [0.1, 0.15) is 12.2 Å². The van der Waals surface area contributed by atoms with Gasteiger partial charge in [-0.3, -0.25) is 28.3 Å². The zero-order valence-electron chi connectivity index (χ0n) is 74.2. The Kier molecular flexibility index (Phi) is 90.9. The van der Waals surface area contributed by atoms with Gasteiger partial charge < -0.3 is 58.6 Å². The Morgan fingerprint density at radius 3 is 0.732 bits per heavy atom. The summed E-state index contributed by atoms with van der Waals surface area (Å²) < 4.78 is 59.4. The molecule has 0 aromatic carbocycles. The molecule has 0 aromatic heterocycles. The van der Waals surface area contributed by atoms with Gasteiger partial charge in [-0.15, -0.1) is 0 Å². The number of carbonyl (C=O) groups is 5. The summed E-state index contributed by atoms with van der Waals surface area (Å²) in [4.78, 5) is 92.9. The zero-order chi connectivity index (χ0) is 80.6. The standard InChI is InChI=1S/C89H176N4O15P2.2Na/c1-7-13-19-25-31-35-39-43-49-55-61-67-85(94)92-81(65-59-53-47-29-23-17-11-5)71-73-83(107-87(96)69-63-57-51-45-41-37-33-27-21-15-9-3)79-105-109(99,100)103-77-75-90-89(98)91-76-78-104-110(101,102)106-80-84(108-88(97)70-64-58-52-46-42-38-34-28-22-16-10-4)74-72-82(66-60-54-48-30-24-18-12-6)93-86(95)68-62-56-50-44-40-36-32-26-20-14-8-2;;/h81-84H,7-80H2,1-6H3,(H,92,94)(H,93,95)(H,99,100)(H,101,102)(H2,90,91,98);;/q;2*+1/p-2/t81?,82?,83-,84-;;/m0../s1. The number of rotatable bonds is 88. The van der Waals surface area contributed by atoms with Gasteiger partial charge in [0.15, 0.2) is 0 Å². The first-order valence-corrected chi connectivity index (χ1v) is 49.6. The molecule has 0 spiro atoms. The normalized spacial score (nSPS) is 13.6.